The first-order valence-electron chi connectivity index (χ1n) is 4.56. The van der Waals surface area contributed by atoms with E-state index in [2.05, 4.69) is 4.72 Å². The fourth-order valence-corrected chi connectivity index (χ4v) is 1.76. The molecule has 1 aromatic carbocycles. The van der Waals surface area contributed by atoms with Gasteiger partial charge in [-0.3, -0.25) is 0 Å². The standard InChI is InChI=1S/C10H14FNOS/c1-3-8(2)14(13)12-10-6-4-9(11)5-7-10/h4-8,12H,3H2,1-2H3/t8-,14+/m1/s1. The van der Waals surface area contributed by atoms with Crippen LogP contribution in [0.2, 0.25) is 0 Å². The third-order valence-corrected chi connectivity index (χ3v) is 3.50. The zero-order chi connectivity index (χ0) is 10.6. The van der Waals surface area contributed by atoms with Gasteiger partial charge < -0.3 is 4.72 Å². The van der Waals surface area contributed by atoms with Crippen molar-refractivity contribution in [2.75, 3.05) is 4.72 Å². The maximum Gasteiger partial charge on any atom is 0.123 e. The highest BCUT2D eigenvalue weighted by molar-refractivity contribution is 7.86. The summed E-state index contributed by atoms with van der Waals surface area (Å²) < 4.78 is 26.9. The lowest BCUT2D eigenvalue weighted by Gasteiger charge is -2.10. The SMILES string of the molecule is CC[C@@H](C)[S@](=O)Nc1ccc(F)cc1. The molecule has 14 heavy (non-hydrogen) atoms. The van der Waals surface area contributed by atoms with E-state index < -0.39 is 11.0 Å². The van der Waals surface area contributed by atoms with E-state index in [0.717, 1.165) is 6.42 Å². The molecule has 78 valence electrons. The third-order valence-electron chi connectivity index (χ3n) is 2.00. The molecule has 4 heteroatoms. The van der Waals surface area contributed by atoms with Crippen molar-refractivity contribution in [3.63, 3.8) is 0 Å². The minimum Gasteiger partial charge on any atom is -0.305 e. The van der Waals surface area contributed by atoms with E-state index >= 15 is 0 Å². The van der Waals surface area contributed by atoms with E-state index in [1.54, 1.807) is 12.1 Å². The normalized spacial score (nSPS) is 14.8. The molecule has 0 aliphatic rings. The second kappa shape index (κ2) is 5.10. The Kier molecular flexibility index (Phi) is 4.07. The van der Waals surface area contributed by atoms with Crippen LogP contribution in [0.15, 0.2) is 24.3 Å². The van der Waals surface area contributed by atoms with Crippen LogP contribution in [0.25, 0.3) is 0 Å². The van der Waals surface area contributed by atoms with Gasteiger partial charge in [0.15, 0.2) is 0 Å². The van der Waals surface area contributed by atoms with Crippen molar-refractivity contribution in [1.82, 2.24) is 0 Å². The lowest BCUT2D eigenvalue weighted by atomic mass is 10.3. The van der Waals surface area contributed by atoms with Crippen molar-refractivity contribution in [1.29, 1.82) is 0 Å². The van der Waals surface area contributed by atoms with Gasteiger partial charge in [0.2, 0.25) is 0 Å². The van der Waals surface area contributed by atoms with Gasteiger partial charge in [0, 0.05) is 5.69 Å². The summed E-state index contributed by atoms with van der Waals surface area (Å²) in [5.74, 6) is -0.287. The molecule has 1 N–H and O–H groups in total. The third kappa shape index (κ3) is 3.10. The molecule has 0 saturated carbocycles. The van der Waals surface area contributed by atoms with Gasteiger partial charge in [-0.25, -0.2) is 8.60 Å². The number of rotatable bonds is 4. The Morgan fingerprint density at radius 3 is 2.50 bits per heavy atom. The van der Waals surface area contributed by atoms with Crippen LogP contribution >= 0.6 is 0 Å². The smallest absolute Gasteiger partial charge is 0.123 e. The summed E-state index contributed by atoms with van der Waals surface area (Å²) >= 11 is 0. The van der Waals surface area contributed by atoms with Gasteiger partial charge in [0.05, 0.1) is 5.25 Å². The van der Waals surface area contributed by atoms with Gasteiger partial charge in [0.1, 0.15) is 16.8 Å². The van der Waals surface area contributed by atoms with Crippen molar-refractivity contribution in [3.8, 4) is 0 Å². The summed E-state index contributed by atoms with van der Waals surface area (Å²) in [7, 11) is -1.09. The van der Waals surface area contributed by atoms with Crippen molar-refractivity contribution < 1.29 is 8.60 Å². The average Bonchev–Trinajstić information content (AvgIpc) is 2.20. The van der Waals surface area contributed by atoms with E-state index in [-0.39, 0.29) is 11.1 Å². The molecule has 0 saturated heterocycles. The lowest BCUT2D eigenvalue weighted by molar-refractivity contribution is 0.628. The highest BCUT2D eigenvalue weighted by atomic mass is 32.2. The predicted octanol–water partition coefficient (Wildman–Crippen LogP) is 2.70. The second-order valence-corrected chi connectivity index (χ2v) is 4.73. The van der Waals surface area contributed by atoms with Gasteiger partial charge in [0.25, 0.3) is 0 Å². The number of hydrogen-bond donors (Lipinski definition) is 1. The van der Waals surface area contributed by atoms with E-state index in [1.165, 1.54) is 12.1 Å². The van der Waals surface area contributed by atoms with Crippen LogP contribution < -0.4 is 4.72 Å². The van der Waals surface area contributed by atoms with Crippen molar-refractivity contribution >= 4 is 16.7 Å². The molecular weight excluding hydrogens is 201 g/mol. The molecule has 0 aromatic heterocycles. The monoisotopic (exact) mass is 215 g/mol. The van der Waals surface area contributed by atoms with Crippen LogP contribution in [-0.4, -0.2) is 9.46 Å². The van der Waals surface area contributed by atoms with Gasteiger partial charge in [-0.15, -0.1) is 0 Å². The van der Waals surface area contributed by atoms with Gasteiger partial charge >= 0.3 is 0 Å². The quantitative estimate of drug-likeness (QED) is 0.822. The number of anilines is 1. The molecule has 2 atom stereocenters. The summed E-state index contributed by atoms with van der Waals surface area (Å²) in [5.41, 5.74) is 0.685. The van der Waals surface area contributed by atoms with Gasteiger partial charge in [-0.1, -0.05) is 6.92 Å². The maximum atomic E-state index is 12.5. The fourth-order valence-electron chi connectivity index (χ4n) is 0.886. The Balaban J connectivity index is 2.60. The van der Waals surface area contributed by atoms with E-state index in [9.17, 15) is 8.60 Å². The molecule has 1 aromatic rings. The topological polar surface area (TPSA) is 29.1 Å². The first-order valence-corrected chi connectivity index (χ1v) is 5.77. The number of nitrogens with one attached hydrogen (secondary N) is 1. The Morgan fingerprint density at radius 1 is 1.43 bits per heavy atom. The Morgan fingerprint density at radius 2 is 2.00 bits per heavy atom. The molecule has 2 nitrogen and oxygen atoms in total. The summed E-state index contributed by atoms with van der Waals surface area (Å²) in [5, 5.41) is 0.0973. The number of hydrogen-bond acceptors (Lipinski definition) is 1. The van der Waals surface area contributed by atoms with Crippen LogP contribution in [0.1, 0.15) is 20.3 Å². The minimum absolute atomic E-state index is 0.0973. The first kappa shape index (κ1) is 11.2. The van der Waals surface area contributed by atoms with Gasteiger partial charge in [-0.05, 0) is 37.6 Å². The molecule has 0 aliphatic carbocycles. The summed E-state index contributed by atoms with van der Waals surface area (Å²) in [6.07, 6.45) is 0.848. The number of benzene rings is 1. The molecule has 0 heterocycles. The molecule has 0 amide bonds. The highest BCUT2D eigenvalue weighted by Crippen LogP contribution is 2.11. The molecule has 0 fully saturated rings. The maximum absolute atomic E-state index is 12.5. The summed E-state index contributed by atoms with van der Waals surface area (Å²) in [6, 6.07) is 5.84. The van der Waals surface area contributed by atoms with Crippen LogP contribution in [0, 0.1) is 5.82 Å². The molecule has 0 unspecified atom stereocenters. The molecular formula is C10H14FNOS. The van der Waals surface area contributed by atoms with E-state index in [4.69, 9.17) is 0 Å². The molecule has 1 rings (SSSR count). The zero-order valence-electron chi connectivity index (χ0n) is 8.29. The van der Waals surface area contributed by atoms with E-state index in [1.807, 2.05) is 13.8 Å². The molecule has 0 radical (unpaired) electrons. The molecule has 0 spiro atoms. The second-order valence-electron chi connectivity index (χ2n) is 3.13. The first-order chi connectivity index (χ1) is 6.63. The summed E-state index contributed by atoms with van der Waals surface area (Å²) in [4.78, 5) is 0. The molecule has 0 aliphatic heterocycles. The lowest BCUT2D eigenvalue weighted by Crippen LogP contribution is -2.16. The predicted molar refractivity (Wildman–Crippen MR) is 57.9 cm³/mol. The fraction of sp³-hybridized carbons (Fsp3) is 0.400. The minimum atomic E-state index is -1.09. The Hall–Kier alpha value is -0.900. The zero-order valence-corrected chi connectivity index (χ0v) is 9.10. The Labute approximate surface area is 86.1 Å². The largest absolute Gasteiger partial charge is 0.305 e. The summed E-state index contributed by atoms with van der Waals surface area (Å²) in [6.45, 7) is 3.89. The van der Waals surface area contributed by atoms with Crippen LogP contribution in [0.5, 0.6) is 0 Å². The van der Waals surface area contributed by atoms with Crippen molar-refractivity contribution in [3.05, 3.63) is 30.1 Å². The van der Waals surface area contributed by atoms with Crippen molar-refractivity contribution in [2.45, 2.75) is 25.5 Å². The number of halogens is 1. The van der Waals surface area contributed by atoms with Gasteiger partial charge in [-0.2, -0.15) is 0 Å². The average molecular weight is 215 g/mol. The van der Waals surface area contributed by atoms with Crippen LogP contribution in [0.3, 0.4) is 0 Å². The van der Waals surface area contributed by atoms with E-state index in [0.29, 0.717) is 5.69 Å². The Bertz CT molecular complexity index is 312. The van der Waals surface area contributed by atoms with Crippen molar-refractivity contribution in [2.24, 2.45) is 0 Å². The van der Waals surface area contributed by atoms with Crippen LogP contribution in [-0.2, 0) is 11.0 Å². The highest BCUT2D eigenvalue weighted by Gasteiger charge is 2.07. The van der Waals surface area contributed by atoms with Crippen LogP contribution in [0.4, 0.5) is 10.1 Å². The molecule has 0 bridgehead atoms.